The van der Waals surface area contributed by atoms with E-state index >= 15 is 0 Å². The van der Waals surface area contributed by atoms with Crippen molar-refractivity contribution in [2.24, 2.45) is 0 Å². The molecule has 0 fully saturated rings. The van der Waals surface area contributed by atoms with Gasteiger partial charge in [0.05, 0.1) is 35.2 Å². The van der Waals surface area contributed by atoms with Crippen molar-refractivity contribution < 1.29 is 44.5 Å². The van der Waals surface area contributed by atoms with Crippen LogP contribution in [0.3, 0.4) is 0 Å². The number of para-hydroxylation sites is 1. The number of carboxylic acid groups (broad SMARTS) is 4. The van der Waals surface area contributed by atoms with Gasteiger partial charge in [0, 0.05) is 18.5 Å². The highest BCUT2D eigenvalue weighted by Crippen LogP contribution is 2.41. The zero-order chi connectivity index (χ0) is 23.3. The van der Waals surface area contributed by atoms with Crippen molar-refractivity contribution in [1.29, 1.82) is 0 Å². The standard InChI is InChI=1S/C19H16N2O10/c22-15(23)5-10(18(26)27)12-7-20-8-13(11(19(28)29)6-16(24)25)17(12)9-3-1-2-4-14(9)21(30)31/h1-4,7-8,10-11H,5-6H2,(H,22,23)(H,24,25)(H,26,27)(H,28,29). The largest absolute Gasteiger partial charge is 0.481 e. The number of hydrogen-bond donors (Lipinski definition) is 4. The normalized spacial score (nSPS) is 12.5. The average Bonchev–Trinajstić information content (AvgIpc) is 2.69. The Morgan fingerprint density at radius 2 is 1.32 bits per heavy atom. The van der Waals surface area contributed by atoms with Crippen LogP contribution in [-0.4, -0.2) is 54.2 Å². The number of hydrogen-bond acceptors (Lipinski definition) is 7. The van der Waals surface area contributed by atoms with Crippen LogP contribution in [0.15, 0.2) is 36.7 Å². The molecule has 2 aromatic rings. The molecular weight excluding hydrogens is 416 g/mol. The Kier molecular flexibility index (Phi) is 6.98. The first kappa shape index (κ1) is 22.9. The minimum absolute atomic E-state index is 0.187. The fourth-order valence-corrected chi connectivity index (χ4v) is 3.19. The van der Waals surface area contributed by atoms with Gasteiger partial charge < -0.3 is 20.4 Å². The summed E-state index contributed by atoms with van der Waals surface area (Å²) in [6.07, 6.45) is 0.142. The van der Waals surface area contributed by atoms with Crippen LogP contribution in [0.1, 0.15) is 35.8 Å². The van der Waals surface area contributed by atoms with Crippen LogP contribution in [0, 0.1) is 10.1 Å². The minimum atomic E-state index is -1.72. The zero-order valence-corrected chi connectivity index (χ0v) is 15.7. The number of nitro groups is 1. The number of aliphatic carboxylic acids is 4. The topological polar surface area (TPSA) is 205 Å². The van der Waals surface area contributed by atoms with Gasteiger partial charge in [-0.25, -0.2) is 0 Å². The molecule has 2 atom stereocenters. The van der Waals surface area contributed by atoms with E-state index in [1.54, 1.807) is 0 Å². The number of nitro benzene ring substituents is 1. The molecule has 0 saturated carbocycles. The molecule has 0 saturated heterocycles. The highest BCUT2D eigenvalue weighted by molar-refractivity contribution is 5.91. The van der Waals surface area contributed by atoms with E-state index in [0.29, 0.717) is 0 Å². The van der Waals surface area contributed by atoms with Crippen molar-refractivity contribution in [2.75, 3.05) is 0 Å². The fraction of sp³-hybridized carbons (Fsp3) is 0.211. The van der Waals surface area contributed by atoms with E-state index in [4.69, 9.17) is 10.2 Å². The van der Waals surface area contributed by atoms with E-state index in [1.165, 1.54) is 18.2 Å². The number of carbonyl (C=O) groups is 4. The fourth-order valence-electron chi connectivity index (χ4n) is 3.19. The summed E-state index contributed by atoms with van der Waals surface area (Å²) in [6.45, 7) is 0. The first-order chi connectivity index (χ1) is 14.5. The summed E-state index contributed by atoms with van der Waals surface area (Å²) < 4.78 is 0. The lowest BCUT2D eigenvalue weighted by atomic mass is 9.82. The van der Waals surface area contributed by atoms with Crippen molar-refractivity contribution in [3.05, 3.63) is 57.9 Å². The molecule has 0 bridgehead atoms. The van der Waals surface area contributed by atoms with Crippen LogP contribution in [0.25, 0.3) is 11.1 Å². The quantitative estimate of drug-likeness (QED) is 0.315. The van der Waals surface area contributed by atoms with E-state index < -0.39 is 59.2 Å². The first-order valence-corrected chi connectivity index (χ1v) is 8.65. The monoisotopic (exact) mass is 432 g/mol. The van der Waals surface area contributed by atoms with Crippen LogP contribution in [-0.2, 0) is 19.2 Å². The average molecular weight is 432 g/mol. The van der Waals surface area contributed by atoms with E-state index in [1.807, 2.05) is 0 Å². The van der Waals surface area contributed by atoms with Gasteiger partial charge in [-0.2, -0.15) is 0 Å². The predicted octanol–water partition coefficient (Wildman–Crippen LogP) is 1.94. The third kappa shape index (κ3) is 5.18. The summed E-state index contributed by atoms with van der Waals surface area (Å²) in [5, 5.41) is 48.9. The van der Waals surface area contributed by atoms with Gasteiger partial charge >= 0.3 is 23.9 Å². The maximum Gasteiger partial charge on any atom is 0.311 e. The Balaban J connectivity index is 2.95. The van der Waals surface area contributed by atoms with Crippen LogP contribution in [0.4, 0.5) is 5.69 Å². The third-order valence-corrected chi connectivity index (χ3v) is 4.48. The Morgan fingerprint density at radius 1 is 0.871 bits per heavy atom. The molecule has 162 valence electrons. The maximum atomic E-state index is 11.8. The molecule has 12 nitrogen and oxygen atoms in total. The van der Waals surface area contributed by atoms with Crippen molar-refractivity contribution in [1.82, 2.24) is 4.98 Å². The molecular formula is C19H16N2O10. The molecule has 0 aliphatic carbocycles. The number of pyridine rings is 1. The maximum absolute atomic E-state index is 11.8. The molecule has 1 aromatic heterocycles. The van der Waals surface area contributed by atoms with E-state index in [2.05, 4.69) is 4.98 Å². The summed E-state index contributed by atoms with van der Waals surface area (Å²) in [5.41, 5.74) is -1.50. The van der Waals surface area contributed by atoms with Crippen molar-refractivity contribution in [3.63, 3.8) is 0 Å². The first-order valence-electron chi connectivity index (χ1n) is 8.65. The molecule has 1 aromatic carbocycles. The van der Waals surface area contributed by atoms with Gasteiger partial charge in [-0.1, -0.05) is 12.1 Å². The van der Waals surface area contributed by atoms with Crippen LogP contribution in [0.5, 0.6) is 0 Å². The second kappa shape index (κ2) is 9.43. The zero-order valence-electron chi connectivity index (χ0n) is 15.7. The molecule has 0 radical (unpaired) electrons. The molecule has 2 unspecified atom stereocenters. The second-order valence-corrected chi connectivity index (χ2v) is 6.44. The molecule has 1 heterocycles. The Bertz CT molecular complexity index is 1010. The highest BCUT2D eigenvalue weighted by Gasteiger charge is 2.34. The molecule has 12 heteroatoms. The molecule has 0 amide bonds. The number of benzene rings is 1. The lowest BCUT2D eigenvalue weighted by Crippen LogP contribution is -2.21. The summed E-state index contributed by atoms with van der Waals surface area (Å²) in [4.78, 5) is 60.6. The summed E-state index contributed by atoms with van der Waals surface area (Å²) in [5.74, 6) is -9.56. The predicted molar refractivity (Wildman–Crippen MR) is 102 cm³/mol. The molecule has 0 aliphatic rings. The van der Waals surface area contributed by atoms with Crippen LogP contribution in [0.2, 0.25) is 0 Å². The van der Waals surface area contributed by atoms with Crippen LogP contribution >= 0.6 is 0 Å². The lowest BCUT2D eigenvalue weighted by Gasteiger charge is -2.21. The summed E-state index contributed by atoms with van der Waals surface area (Å²) >= 11 is 0. The third-order valence-electron chi connectivity index (χ3n) is 4.48. The van der Waals surface area contributed by atoms with Gasteiger partial charge in [0.15, 0.2) is 0 Å². The van der Waals surface area contributed by atoms with Crippen molar-refractivity contribution >= 4 is 29.6 Å². The van der Waals surface area contributed by atoms with Gasteiger partial charge in [0.25, 0.3) is 5.69 Å². The smallest absolute Gasteiger partial charge is 0.311 e. The lowest BCUT2D eigenvalue weighted by molar-refractivity contribution is -0.384. The number of aromatic nitrogens is 1. The summed E-state index contributed by atoms with van der Waals surface area (Å²) in [7, 11) is 0. The molecule has 2 rings (SSSR count). The molecule has 4 N–H and O–H groups in total. The van der Waals surface area contributed by atoms with E-state index in [9.17, 15) is 39.5 Å². The van der Waals surface area contributed by atoms with Gasteiger partial charge in [-0.3, -0.25) is 34.3 Å². The number of rotatable bonds is 10. The molecule has 31 heavy (non-hydrogen) atoms. The SMILES string of the molecule is O=C(O)CC(C(=O)O)c1cncc(C(CC(=O)O)C(=O)O)c1-c1ccccc1[N+](=O)[O-]. The van der Waals surface area contributed by atoms with Gasteiger partial charge in [-0.05, 0) is 22.8 Å². The van der Waals surface area contributed by atoms with Crippen molar-refractivity contribution in [2.45, 2.75) is 24.7 Å². The Labute approximate surface area is 173 Å². The van der Waals surface area contributed by atoms with Crippen LogP contribution < -0.4 is 0 Å². The van der Waals surface area contributed by atoms with Gasteiger partial charge in [0.1, 0.15) is 0 Å². The van der Waals surface area contributed by atoms with E-state index in [-0.39, 0.29) is 22.3 Å². The van der Waals surface area contributed by atoms with Crippen molar-refractivity contribution in [3.8, 4) is 11.1 Å². The highest BCUT2D eigenvalue weighted by atomic mass is 16.6. The minimum Gasteiger partial charge on any atom is -0.481 e. The number of nitrogens with zero attached hydrogens (tertiary/aromatic N) is 2. The molecule has 0 aliphatic heterocycles. The van der Waals surface area contributed by atoms with Gasteiger partial charge in [0.2, 0.25) is 0 Å². The second-order valence-electron chi connectivity index (χ2n) is 6.44. The molecule has 0 spiro atoms. The summed E-state index contributed by atoms with van der Waals surface area (Å²) in [6, 6.07) is 5.05. The number of carboxylic acids is 4. The Morgan fingerprint density at radius 3 is 1.71 bits per heavy atom. The van der Waals surface area contributed by atoms with Gasteiger partial charge in [-0.15, -0.1) is 0 Å². The Hall–Kier alpha value is -4.35. The van der Waals surface area contributed by atoms with E-state index in [0.717, 1.165) is 18.5 Å².